The van der Waals surface area contributed by atoms with E-state index in [-0.39, 0.29) is 38.6 Å². The lowest BCUT2D eigenvalue weighted by Gasteiger charge is -2.23. The van der Waals surface area contributed by atoms with E-state index in [1.807, 2.05) is 0 Å². The highest BCUT2D eigenvalue weighted by Crippen LogP contribution is 2.21. The maximum Gasteiger partial charge on any atom is 0.407 e. The van der Waals surface area contributed by atoms with E-state index in [2.05, 4.69) is 5.32 Å². The van der Waals surface area contributed by atoms with Crippen LogP contribution in [-0.2, 0) is 16.0 Å². The van der Waals surface area contributed by atoms with Crippen LogP contribution in [0, 0.1) is 0 Å². The molecule has 0 saturated carbocycles. The van der Waals surface area contributed by atoms with Crippen molar-refractivity contribution < 1.29 is 19.4 Å². The summed E-state index contributed by atoms with van der Waals surface area (Å²) in [6.07, 6.45) is -0.493. The Bertz CT molecular complexity index is 603. The van der Waals surface area contributed by atoms with Crippen LogP contribution in [0.4, 0.5) is 4.79 Å². The summed E-state index contributed by atoms with van der Waals surface area (Å²) in [7, 11) is 0. The summed E-state index contributed by atoms with van der Waals surface area (Å²) in [5, 5.41) is 12.7. The molecule has 1 aromatic carbocycles. The Hall–Kier alpha value is -1.50. The van der Waals surface area contributed by atoms with Gasteiger partial charge < -0.3 is 20.1 Å². The second kappa shape index (κ2) is 9.85. The molecular formula is C17H24Cl2N2O4. The number of aliphatic hydroxyl groups excluding tert-OH is 1. The molecule has 0 aliphatic heterocycles. The van der Waals surface area contributed by atoms with Crippen molar-refractivity contribution in [3.8, 4) is 0 Å². The van der Waals surface area contributed by atoms with E-state index in [1.165, 1.54) is 4.90 Å². The number of rotatable bonds is 7. The zero-order chi connectivity index (χ0) is 19.0. The molecule has 0 aliphatic rings. The third-order valence-electron chi connectivity index (χ3n) is 3.12. The van der Waals surface area contributed by atoms with Gasteiger partial charge in [0.15, 0.2) is 0 Å². The summed E-state index contributed by atoms with van der Waals surface area (Å²) < 4.78 is 5.13. The van der Waals surface area contributed by atoms with Crippen LogP contribution in [0.3, 0.4) is 0 Å². The molecule has 25 heavy (non-hydrogen) atoms. The number of ether oxygens (including phenoxy) is 1. The second-order valence-electron chi connectivity index (χ2n) is 6.45. The van der Waals surface area contributed by atoms with Crippen LogP contribution in [0.2, 0.25) is 10.0 Å². The minimum Gasteiger partial charge on any atom is -0.444 e. The van der Waals surface area contributed by atoms with E-state index >= 15 is 0 Å². The molecule has 0 saturated heterocycles. The van der Waals surface area contributed by atoms with Gasteiger partial charge in [-0.1, -0.05) is 23.2 Å². The molecule has 1 aromatic rings. The first-order chi connectivity index (χ1) is 11.6. The Kier molecular flexibility index (Phi) is 8.48. The van der Waals surface area contributed by atoms with Crippen LogP contribution in [0.5, 0.6) is 0 Å². The lowest BCUT2D eigenvalue weighted by molar-refractivity contribution is -0.131. The zero-order valence-electron chi connectivity index (χ0n) is 14.6. The average Bonchev–Trinajstić information content (AvgIpc) is 2.48. The number of nitrogens with one attached hydrogen (secondary N) is 1. The number of benzene rings is 1. The van der Waals surface area contributed by atoms with E-state index < -0.39 is 11.7 Å². The van der Waals surface area contributed by atoms with Crippen LogP contribution in [0.1, 0.15) is 26.3 Å². The summed E-state index contributed by atoms with van der Waals surface area (Å²) in [4.78, 5) is 25.5. The van der Waals surface area contributed by atoms with Crippen molar-refractivity contribution in [2.45, 2.75) is 32.8 Å². The number of carbonyl (C=O) groups excluding carboxylic acids is 2. The molecule has 8 heteroatoms. The third kappa shape index (κ3) is 8.43. The first-order valence-electron chi connectivity index (χ1n) is 7.92. The quantitative estimate of drug-likeness (QED) is 0.749. The maximum atomic E-state index is 12.4. The highest BCUT2D eigenvalue weighted by Gasteiger charge is 2.18. The number of hydrogen-bond acceptors (Lipinski definition) is 4. The minimum absolute atomic E-state index is 0.0613. The van der Waals surface area contributed by atoms with E-state index in [4.69, 9.17) is 33.0 Å². The van der Waals surface area contributed by atoms with Gasteiger partial charge in [0.1, 0.15) is 5.60 Å². The Balaban J connectivity index is 2.59. The number of carbonyl (C=O) groups is 2. The molecule has 0 unspecified atom stereocenters. The number of nitrogens with zero attached hydrogens (tertiary/aromatic N) is 1. The molecule has 0 atom stereocenters. The fourth-order valence-corrected chi connectivity index (χ4v) is 2.42. The molecule has 2 N–H and O–H groups in total. The van der Waals surface area contributed by atoms with Gasteiger partial charge in [0.05, 0.1) is 13.0 Å². The van der Waals surface area contributed by atoms with Gasteiger partial charge in [-0.05, 0) is 44.5 Å². The molecule has 1 rings (SSSR count). The first kappa shape index (κ1) is 21.5. The van der Waals surface area contributed by atoms with Crippen molar-refractivity contribution in [2.75, 3.05) is 26.2 Å². The molecule has 0 radical (unpaired) electrons. The lowest BCUT2D eigenvalue weighted by atomic mass is 10.1. The van der Waals surface area contributed by atoms with Gasteiger partial charge in [-0.3, -0.25) is 4.79 Å². The van der Waals surface area contributed by atoms with Crippen molar-refractivity contribution in [3.63, 3.8) is 0 Å². The summed E-state index contributed by atoms with van der Waals surface area (Å²) in [5.74, 6) is -0.218. The number of amides is 2. The summed E-state index contributed by atoms with van der Waals surface area (Å²) in [6, 6.07) is 4.92. The standard InChI is InChI=1S/C17H24Cl2N2O4/c1-17(2,3)25-16(24)20-6-7-21(8-9-22)15(23)11-12-10-13(18)4-5-14(12)19/h4-5,10,22H,6-9,11H2,1-3H3,(H,20,24). The highest BCUT2D eigenvalue weighted by molar-refractivity contribution is 6.33. The fraction of sp³-hybridized carbons (Fsp3) is 0.529. The molecule has 140 valence electrons. The molecule has 0 aromatic heterocycles. The van der Waals surface area contributed by atoms with Gasteiger partial charge in [0, 0.05) is 29.7 Å². The Morgan fingerprint density at radius 1 is 1.24 bits per heavy atom. The van der Waals surface area contributed by atoms with Crippen LogP contribution in [-0.4, -0.2) is 53.8 Å². The monoisotopic (exact) mass is 390 g/mol. The lowest BCUT2D eigenvalue weighted by Crippen LogP contribution is -2.42. The van der Waals surface area contributed by atoms with Crippen molar-refractivity contribution in [1.82, 2.24) is 10.2 Å². The van der Waals surface area contributed by atoms with Crippen molar-refractivity contribution >= 4 is 35.2 Å². The normalized spacial score (nSPS) is 11.1. The molecular weight excluding hydrogens is 367 g/mol. The van der Waals surface area contributed by atoms with Gasteiger partial charge in [-0.25, -0.2) is 4.79 Å². The van der Waals surface area contributed by atoms with Crippen LogP contribution in [0.25, 0.3) is 0 Å². The van der Waals surface area contributed by atoms with Crippen molar-refractivity contribution in [2.24, 2.45) is 0 Å². The predicted molar refractivity (Wildman–Crippen MR) is 98.1 cm³/mol. The number of aliphatic hydroxyl groups is 1. The van der Waals surface area contributed by atoms with Gasteiger partial charge >= 0.3 is 6.09 Å². The van der Waals surface area contributed by atoms with E-state index in [0.29, 0.717) is 15.6 Å². The van der Waals surface area contributed by atoms with Crippen molar-refractivity contribution in [3.05, 3.63) is 33.8 Å². The minimum atomic E-state index is -0.589. The summed E-state index contributed by atoms with van der Waals surface area (Å²) >= 11 is 12.0. The first-order valence-corrected chi connectivity index (χ1v) is 8.67. The molecule has 2 amide bonds. The number of hydrogen-bond donors (Lipinski definition) is 2. The number of alkyl carbamates (subject to hydrolysis) is 1. The average molecular weight is 391 g/mol. The Morgan fingerprint density at radius 2 is 1.92 bits per heavy atom. The highest BCUT2D eigenvalue weighted by atomic mass is 35.5. The molecule has 0 bridgehead atoms. The van der Waals surface area contributed by atoms with Gasteiger partial charge in [0.25, 0.3) is 0 Å². The predicted octanol–water partition coefficient (Wildman–Crippen LogP) is 2.88. The molecule has 6 nitrogen and oxygen atoms in total. The maximum absolute atomic E-state index is 12.4. The van der Waals surface area contributed by atoms with E-state index in [0.717, 1.165) is 0 Å². The molecule has 0 heterocycles. The largest absolute Gasteiger partial charge is 0.444 e. The fourth-order valence-electron chi connectivity index (χ4n) is 2.04. The second-order valence-corrected chi connectivity index (χ2v) is 7.29. The van der Waals surface area contributed by atoms with Crippen LogP contribution >= 0.6 is 23.2 Å². The summed E-state index contributed by atoms with van der Waals surface area (Å²) in [5.41, 5.74) is 0.0239. The van der Waals surface area contributed by atoms with Crippen LogP contribution in [0.15, 0.2) is 18.2 Å². The smallest absolute Gasteiger partial charge is 0.407 e. The van der Waals surface area contributed by atoms with Gasteiger partial charge in [0.2, 0.25) is 5.91 Å². The summed E-state index contributed by atoms with van der Waals surface area (Å²) in [6.45, 7) is 5.74. The topological polar surface area (TPSA) is 78.9 Å². The van der Waals surface area contributed by atoms with E-state index in [9.17, 15) is 9.59 Å². The Morgan fingerprint density at radius 3 is 2.52 bits per heavy atom. The SMILES string of the molecule is CC(C)(C)OC(=O)NCCN(CCO)C(=O)Cc1cc(Cl)ccc1Cl. The Labute approximate surface area is 158 Å². The van der Waals surface area contributed by atoms with Crippen molar-refractivity contribution in [1.29, 1.82) is 0 Å². The number of halogens is 2. The van der Waals surface area contributed by atoms with Gasteiger partial charge in [-0.2, -0.15) is 0 Å². The van der Waals surface area contributed by atoms with Crippen LogP contribution < -0.4 is 5.32 Å². The van der Waals surface area contributed by atoms with E-state index in [1.54, 1.807) is 39.0 Å². The molecule has 0 fully saturated rings. The van der Waals surface area contributed by atoms with Gasteiger partial charge in [-0.15, -0.1) is 0 Å². The molecule has 0 spiro atoms. The third-order valence-corrected chi connectivity index (χ3v) is 3.73. The molecule has 0 aliphatic carbocycles. The zero-order valence-corrected chi connectivity index (χ0v) is 16.2.